The summed E-state index contributed by atoms with van der Waals surface area (Å²) in [5.41, 5.74) is 2.38. The lowest BCUT2D eigenvalue weighted by Crippen LogP contribution is -2.16. The maximum absolute atomic E-state index is 12.6. The molecule has 8 heteroatoms. The minimum Gasteiger partial charge on any atom is -0.326 e. The van der Waals surface area contributed by atoms with Gasteiger partial charge in [0.2, 0.25) is 5.91 Å². The average molecular weight is 348 g/mol. The Bertz CT molecular complexity index is 933. The third-order valence-electron chi connectivity index (χ3n) is 4.10. The first-order valence-electron chi connectivity index (χ1n) is 8.25. The standard InChI is InChI=1S/C18H16N6O2/c25-17(12-5-6-12)20-13-7-9-14(10-8-13)21-18(26)15-3-1-2-4-16(15)24-11-19-22-23-24/h1-4,7-12H,5-6H2,(H,20,25)(H,21,26). The lowest BCUT2D eigenvalue weighted by molar-refractivity contribution is -0.117. The molecule has 0 bridgehead atoms. The van der Waals surface area contributed by atoms with Crippen molar-refractivity contribution in [1.82, 2.24) is 20.2 Å². The summed E-state index contributed by atoms with van der Waals surface area (Å²) in [7, 11) is 0. The molecule has 0 unspecified atom stereocenters. The van der Waals surface area contributed by atoms with Crippen molar-refractivity contribution in [1.29, 1.82) is 0 Å². The first-order valence-corrected chi connectivity index (χ1v) is 8.25. The van der Waals surface area contributed by atoms with E-state index in [-0.39, 0.29) is 17.7 Å². The van der Waals surface area contributed by atoms with E-state index < -0.39 is 0 Å². The molecule has 130 valence electrons. The molecule has 2 amide bonds. The summed E-state index contributed by atoms with van der Waals surface area (Å²) in [6, 6.07) is 14.1. The van der Waals surface area contributed by atoms with E-state index in [0.717, 1.165) is 12.8 Å². The molecule has 0 saturated heterocycles. The zero-order valence-corrected chi connectivity index (χ0v) is 13.8. The number of hydrogen-bond acceptors (Lipinski definition) is 5. The van der Waals surface area contributed by atoms with E-state index in [2.05, 4.69) is 26.2 Å². The van der Waals surface area contributed by atoms with Crippen LogP contribution in [-0.2, 0) is 4.79 Å². The van der Waals surface area contributed by atoms with E-state index in [1.54, 1.807) is 42.5 Å². The highest BCUT2D eigenvalue weighted by atomic mass is 16.2. The molecule has 3 aromatic rings. The predicted octanol–water partition coefficient (Wildman–Crippen LogP) is 2.26. The number of nitrogens with one attached hydrogen (secondary N) is 2. The van der Waals surface area contributed by atoms with E-state index >= 15 is 0 Å². The highest BCUT2D eigenvalue weighted by molar-refractivity contribution is 6.06. The summed E-state index contributed by atoms with van der Waals surface area (Å²) in [5, 5.41) is 16.7. The topological polar surface area (TPSA) is 102 Å². The van der Waals surface area contributed by atoms with Crippen molar-refractivity contribution in [2.75, 3.05) is 10.6 Å². The molecule has 26 heavy (non-hydrogen) atoms. The fraction of sp³-hybridized carbons (Fsp3) is 0.167. The predicted molar refractivity (Wildman–Crippen MR) is 94.9 cm³/mol. The van der Waals surface area contributed by atoms with Gasteiger partial charge in [-0.05, 0) is 59.7 Å². The largest absolute Gasteiger partial charge is 0.326 e. The number of carbonyl (C=O) groups is 2. The van der Waals surface area contributed by atoms with Crippen LogP contribution in [0.15, 0.2) is 54.9 Å². The molecule has 2 N–H and O–H groups in total. The fourth-order valence-electron chi connectivity index (χ4n) is 2.56. The minimum atomic E-state index is -0.272. The molecule has 1 saturated carbocycles. The number of anilines is 2. The smallest absolute Gasteiger partial charge is 0.257 e. The number of amides is 2. The second-order valence-corrected chi connectivity index (χ2v) is 6.07. The summed E-state index contributed by atoms with van der Waals surface area (Å²) in [4.78, 5) is 24.4. The van der Waals surface area contributed by atoms with Crippen LogP contribution in [0.25, 0.3) is 5.69 Å². The van der Waals surface area contributed by atoms with Crippen molar-refractivity contribution in [3.63, 3.8) is 0 Å². The molecule has 1 aliphatic carbocycles. The van der Waals surface area contributed by atoms with Crippen molar-refractivity contribution in [2.45, 2.75) is 12.8 Å². The van der Waals surface area contributed by atoms with Crippen molar-refractivity contribution >= 4 is 23.2 Å². The van der Waals surface area contributed by atoms with Gasteiger partial charge in [-0.15, -0.1) is 5.10 Å². The Hall–Kier alpha value is -3.55. The van der Waals surface area contributed by atoms with Gasteiger partial charge in [0.25, 0.3) is 5.91 Å². The Kier molecular flexibility index (Phi) is 4.14. The molecule has 2 aromatic carbocycles. The number of rotatable bonds is 5. The Balaban J connectivity index is 1.47. The van der Waals surface area contributed by atoms with E-state index in [1.165, 1.54) is 11.0 Å². The van der Waals surface area contributed by atoms with E-state index in [4.69, 9.17) is 0 Å². The number of tetrazole rings is 1. The number of para-hydroxylation sites is 1. The van der Waals surface area contributed by atoms with Crippen LogP contribution in [0.2, 0.25) is 0 Å². The van der Waals surface area contributed by atoms with Crippen molar-refractivity contribution in [3.05, 3.63) is 60.4 Å². The van der Waals surface area contributed by atoms with Gasteiger partial charge in [0.15, 0.2) is 0 Å². The van der Waals surface area contributed by atoms with Gasteiger partial charge in [-0.1, -0.05) is 12.1 Å². The van der Waals surface area contributed by atoms with Gasteiger partial charge in [0.05, 0.1) is 11.3 Å². The average Bonchev–Trinajstić information content (AvgIpc) is 3.38. The van der Waals surface area contributed by atoms with Crippen LogP contribution < -0.4 is 10.6 Å². The summed E-state index contributed by atoms with van der Waals surface area (Å²) < 4.78 is 1.44. The lowest BCUT2D eigenvalue weighted by Gasteiger charge is -2.10. The molecule has 1 fully saturated rings. The highest BCUT2D eigenvalue weighted by Gasteiger charge is 2.29. The molecule has 1 aliphatic rings. The van der Waals surface area contributed by atoms with Gasteiger partial charge in [-0.25, -0.2) is 0 Å². The Labute approximate surface area is 149 Å². The monoisotopic (exact) mass is 348 g/mol. The van der Waals surface area contributed by atoms with Crippen LogP contribution in [0.5, 0.6) is 0 Å². The number of aromatic nitrogens is 4. The highest BCUT2D eigenvalue weighted by Crippen LogP contribution is 2.30. The second kappa shape index (κ2) is 6.75. The van der Waals surface area contributed by atoms with E-state index in [1.807, 2.05) is 6.07 Å². The van der Waals surface area contributed by atoms with Crippen LogP contribution in [0.1, 0.15) is 23.2 Å². The van der Waals surface area contributed by atoms with Crippen LogP contribution in [-0.4, -0.2) is 32.0 Å². The first-order chi connectivity index (χ1) is 12.7. The van der Waals surface area contributed by atoms with E-state index in [0.29, 0.717) is 22.6 Å². The van der Waals surface area contributed by atoms with Gasteiger partial charge < -0.3 is 10.6 Å². The molecule has 1 heterocycles. The van der Waals surface area contributed by atoms with Gasteiger partial charge in [-0.2, -0.15) is 4.68 Å². The number of nitrogens with zero attached hydrogens (tertiary/aromatic N) is 4. The zero-order chi connectivity index (χ0) is 17.9. The number of hydrogen-bond donors (Lipinski definition) is 2. The van der Waals surface area contributed by atoms with E-state index in [9.17, 15) is 9.59 Å². The summed E-state index contributed by atoms with van der Waals surface area (Å²) in [5.74, 6) is -0.0693. The molecular formula is C18H16N6O2. The van der Waals surface area contributed by atoms with Gasteiger partial charge in [-0.3, -0.25) is 9.59 Å². The molecule has 0 atom stereocenters. The number of benzene rings is 2. The molecule has 0 spiro atoms. The SMILES string of the molecule is O=C(Nc1ccc(NC(=O)C2CC2)cc1)c1ccccc1-n1cnnn1. The van der Waals surface area contributed by atoms with Gasteiger partial charge in [0.1, 0.15) is 6.33 Å². The maximum Gasteiger partial charge on any atom is 0.257 e. The van der Waals surface area contributed by atoms with Crippen molar-refractivity contribution < 1.29 is 9.59 Å². The number of carbonyl (C=O) groups excluding carboxylic acids is 2. The second-order valence-electron chi connectivity index (χ2n) is 6.07. The van der Waals surface area contributed by atoms with Crippen LogP contribution >= 0.6 is 0 Å². The first kappa shape index (κ1) is 15.9. The normalized spacial score (nSPS) is 13.2. The Morgan fingerprint density at radius 2 is 1.65 bits per heavy atom. The summed E-state index contributed by atoms with van der Waals surface area (Å²) in [6.07, 6.45) is 3.35. The molecular weight excluding hydrogens is 332 g/mol. The van der Waals surface area contributed by atoms with Crippen LogP contribution in [0, 0.1) is 5.92 Å². The van der Waals surface area contributed by atoms with Crippen molar-refractivity contribution in [2.24, 2.45) is 5.92 Å². The maximum atomic E-state index is 12.6. The van der Waals surface area contributed by atoms with Gasteiger partial charge >= 0.3 is 0 Å². The lowest BCUT2D eigenvalue weighted by atomic mass is 10.1. The molecule has 8 nitrogen and oxygen atoms in total. The van der Waals surface area contributed by atoms with Crippen LogP contribution in [0.3, 0.4) is 0 Å². The quantitative estimate of drug-likeness (QED) is 0.736. The molecule has 0 radical (unpaired) electrons. The Morgan fingerprint density at radius 3 is 2.31 bits per heavy atom. The minimum absolute atomic E-state index is 0.0529. The van der Waals surface area contributed by atoms with Crippen molar-refractivity contribution in [3.8, 4) is 5.69 Å². The van der Waals surface area contributed by atoms with Crippen LogP contribution in [0.4, 0.5) is 11.4 Å². The Morgan fingerprint density at radius 1 is 0.962 bits per heavy atom. The van der Waals surface area contributed by atoms with Gasteiger partial charge in [0, 0.05) is 17.3 Å². The molecule has 0 aliphatic heterocycles. The summed E-state index contributed by atoms with van der Waals surface area (Å²) in [6.45, 7) is 0. The molecule has 4 rings (SSSR count). The zero-order valence-electron chi connectivity index (χ0n) is 13.8. The third-order valence-corrected chi connectivity index (χ3v) is 4.10. The fourth-order valence-corrected chi connectivity index (χ4v) is 2.56. The third kappa shape index (κ3) is 3.44. The molecule has 1 aromatic heterocycles. The summed E-state index contributed by atoms with van der Waals surface area (Å²) >= 11 is 0.